The first kappa shape index (κ1) is 26.3. The van der Waals surface area contributed by atoms with Crippen molar-refractivity contribution >= 4 is 18.0 Å². The quantitative estimate of drug-likeness (QED) is 0.434. The Hall–Kier alpha value is -3.73. The van der Waals surface area contributed by atoms with Crippen LogP contribution in [0.4, 0.5) is 9.59 Å². The summed E-state index contributed by atoms with van der Waals surface area (Å²) in [6.45, 7) is 3.38. The summed E-state index contributed by atoms with van der Waals surface area (Å²) >= 11 is 0. The lowest BCUT2D eigenvalue weighted by atomic mass is 9.98. The van der Waals surface area contributed by atoms with E-state index in [9.17, 15) is 19.3 Å². The van der Waals surface area contributed by atoms with Crippen LogP contribution in [0.15, 0.2) is 53.5 Å². The standard InChI is InChI=1S/C26H34N6O5/c1-17-8-10-19(11-9-17)16-31-24(29-25(34)32(26(31)35)15-18(2)23(33)30-36)28-20-12-13-22(27-14-20)37-21-6-4-3-5-7-21/h8-14,18,21-22,24,27-28H,3-7,15-16H2,1-2H3,(H,29,34)/t18-,22?,24?/m0/s1. The van der Waals surface area contributed by atoms with E-state index in [2.05, 4.69) is 21.1 Å². The van der Waals surface area contributed by atoms with Gasteiger partial charge >= 0.3 is 12.1 Å². The highest BCUT2D eigenvalue weighted by Gasteiger charge is 2.40. The molecule has 198 valence electrons. The molecule has 1 aromatic carbocycles. The minimum atomic E-state index is -0.917. The number of hydrogen-bond donors (Lipinski definition) is 3. The van der Waals surface area contributed by atoms with Crippen molar-refractivity contribution in [3.8, 4) is 0 Å². The monoisotopic (exact) mass is 510 g/mol. The second-order valence-electron chi connectivity index (χ2n) is 9.78. The van der Waals surface area contributed by atoms with Crippen molar-refractivity contribution in [1.29, 1.82) is 0 Å². The lowest BCUT2D eigenvalue weighted by Gasteiger charge is -2.42. The fourth-order valence-electron chi connectivity index (χ4n) is 4.60. The highest BCUT2D eigenvalue weighted by Crippen LogP contribution is 2.22. The van der Waals surface area contributed by atoms with Gasteiger partial charge in [-0.15, -0.1) is 4.91 Å². The van der Waals surface area contributed by atoms with Crippen LogP contribution in [0.1, 0.15) is 50.2 Å². The molecule has 2 aliphatic heterocycles. The van der Waals surface area contributed by atoms with Gasteiger partial charge in [0.15, 0.2) is 6.29 Å². The van der Waals surface area contributed by atoms with Crippen molar-refractivity contribution in [3.05, 3.63) is 64.3 Å². The van der Waals surface area contributed by atoms with E-state index in [1.54, 1.807) is 6.20 Å². The van der Waals surface area contributed by atoms with Crippen LogP contribution in [0.3, 0.4) is 0 Å². The number of ether oxygens (including phenoxy) is 1. The van der Waals surface area contributed by atoms with Crippen LogP contribution < -0.4 is 16.0 Å². The number of allylic oxidation sites excluding steroid dienone is 1. The summed E-state index contributed by atoms with van der Waals surface area (Å²) in [5.41, 5.74) is 2.62. The van der Waals surface area contributed by atoms with Gasteiger partial charge in [0.1, 0.15) is 6.23 Å². The average molecular weight is 511 g/mol. The number of carbonyl (C=O) groups is 3. The number of rotatable bonds is 9. The molecule has 0 spiro atoms. The summed E-state index contributed by atoms with van der Waals surface area (Å²) in [7, 11) is 0. The minimum absolute atomic E-state index is 0.208. The van der Waals surface area contributed by atoms with Crippen LogP contribution >= 0.6 is 0 Å². The van der Waals surface area contributed by atoms with Crippen molar-refractivity contribution in [2.24, 2.45) is 11.1 Å². The number of hydrogen-bond acceptors (Lipinski definition) is 7. The fraction of sp³-hybridized carbons (Fsp3) is 0.500. The Morgan fingerprint density at radius 3 is 2.57 bits per heavy atom. The summed E-state index contributed by atoms with van der Waals surface area (Å²) in [4.78, 5) is 51.0. The molecular weight excluding hydrogens is 476 g/mol. The predicted molar refractivity (Wildman–Crippen MR) is 136 cm³/mol. The number of aryl methyl sites for hydroxylation is 1. The summed E-state index contributed by atoms with van der Waals surface area (Å²) in [5, 5.41) is 11.6. The van der Waals surface area contributed by atoms with Gasteiger partial charge in [0.05, 0.1) is 24.3 Å². The molecule has 5 amide bonds. The third-order valence-electron chi connectivity index (χ3n) is 6.78. The van der Waals surface area contributed by atoms with Gasteiger partial charge in [-0.25, -0.2) is 14.5 Å². The fourth-order valence-corrected chi connectivity index (χ4v) is 4.60. The largest absolute Gasteiger partial charge is 0.361 e. The number of nitrogens with one attached hydrogen (secondary N) is 3. The first-order valence-electron chi connectivity index (χ1n) is 12.7. The highest BCUT2D eigenvalue weighted by molar-refractivity contribution is 5.96. The van der Waals surface area contributed by atoms with Crippen molar-refractivity contribution < 1.29 is 19.1 Å². The Bertz CT molecular complexity index is 1070. The molecule has 2 unspecified atom stereocenters. The number of benzene rings is 1. The van der Waals surface area contributed by atoms with Gasteiger partial charge in [0, 0.05) is 17.9 Å². The Labute approximate surface area is 216 Å². The van der Waals surface area contributed by atoms with E-state index in [1.807, 2.05) is 43.3 Å². The SMILES string of the molecule is Cc1ccc(CN2C(=O)N(C[C@H](C)C(=O)N=O)C(=O)NC2NC2=CNC(OC3CCCCC3)C=C2)cc1. The van der Waals surface area contributed by atoms with Crippen LogP contribution in [-0.4, -0.2) is 52.9 Å². The molecule has 3 atom stereocenters. The number of nitroso groups, excluding NO2 is 1. The predicted octanol–water partition coefficient (Wildman–Crippen LogP) is 3.42. The molecule has 1 aliphatic carbocycles. The number of nitrogens with zero attached hydrogens (tertiary/aromatic N) is 3. The van der Waals surface area contributed by atoms with E-state index in [1.165, 1.54) is 31.1 Å². The topological polar surface area (TPSA) is 132 Å². The molecule has 2 fully saturated rings. The minimum Gasteiger partial charge on any atom is -0.361 e. The Morgan fingerprint density at radius 2 is 1.92 bits per heavy atom. The van der Waals surface area contributed by atoms with E-state index in [0.29, 0.717) is 5.70 Å². The number of imide groups is 1. The molecular formula is C26H34N6O5. The molecule has 37 heavy (non-hydrogen) atoms. The van der Waals surface area contributed by atoms with Crippen LogP contribution in [0.25, 0.3) is 0 Å². The molecule has 0 aromatic heterocycles. The second kappa shape index (κ2) is 12.0. The lowest BCUT2D eigenvalue weighted by Crippen LogP contribution is -2.69. The number of carbonyl (C=O) groups excluding carboxylic acids is 3. The molecule has 11 heteroatoms. The van der Waals surface area contributed by atoms with E-state index >= 15 is 0 Å². The van der Waals surface area contributed by atoms with Gasteiger partial charge in [-0.2, -0.15) is 0 Å². The second-order valence-corrected chi connectivity index (χ2v) is 9.78. The maximum atomic E-state index is 13.4. The molecule has 3 N–H and O–H groups in total. The molecule has 1 saturated carbocycles. The molecule has 1 aromatic rings. The van der Waals surface area contributed by atoms with Crippen LogP contribution in [0.5, 0.6) is 0 Å². The van der Waals surface area contributed by atoms with E-state index < -0.39 is 30.2 Å². The van der Waals surface area contributed by atoms with E-state index in [0.717, 1.165) is 28.9 Å². The van der Waals surface area contributed by atoms with Crippen molar-refractivity contribution in [1.82, 2.24) is 25.8 Å². The lowest BCUT2D eigenvalue weighted by molar-refractivity contribution is -0.121. The zero-order valence-corrected chi connectivity index (χ0v) is 21.2. The van der Waals surface area contributed by atoms with Crippen molar-refractivity contribution in [2.45, 2.75) is 71.1 Å². The van der Waals surface area contributed by atoms with Gasteiger partial charge < -0.3 is 15.4 Å². The zero-order valence-electron chi connectivity index (χ0n) is 21.2. The molecule has 2 heterocycles. The van der Waals surface area contributed by atoms with Crippen LogP contribution in [0.2, 0.25) is 0 Å². The van der Waals surface area contributed by atoms with Crippen molar-refractivity contribution in [3.63, 3.8) is 0 Å². The molecule has 4 rings (SSSR count). The Balaban J connectivity index is 1.46. The van der Waals surface area contributed by atoms with Gasteiger partial charge in [0.2, 0.25) is 0 Å². The molecule has 1 saturated heterocycles. The van der Waals surface area contributed by atoms with E-state index in [-0.39, 0.29) is 25.4 Å². The van der Waals surface area contributed by atoms with Crippen LogP contribution in [-0.2, 0) is 16.1 Å². The third kappa shape index (κ3) is 6.73. The summed E-state index contributed by atoms with van der Waals surface area (Å²) < 4.78 is 6.13. The maximum Gasteiger partial charge on any atom is 0.331 e. The zero-order chi connectivity index (χ0) is 26.4. The van der Waals surface area contributed by atoms with Gasteiger partial charge in [0.25, 0.3) is 5.91 Å². The van der Waals surface area contributed by atoms with Gasteiger partial charge in [-0.1, -0.05) is 56.0 Å². The average Bonchev–Trinajstić information content (AvgIpc) is 2.91. The number of urea groups is 2. The molecule has 0 bridgehead atoms. The summed E-state index contributed by atoms with van der Waals surface area (Å²) in [6.07, 6.45) is 10.4. The molecule has 0 radical (unpaired) electrons. The maximum absolute atomic E-state index is 13.4. The first-order valence-corrected chi connectivity index (χ1v) is 12.7. The molecule has 3 aliphatic rings. The van der Waals surface area contributed by atoms with Crippen molar-refractivity contribution in [2.75, 3.05) is 6.54 Å². The van der Waals surface area contributed by atoms with Crippen LogP contribution in [0, 0.1) is 17.7 Å². The first-order chi connectivity index (χ1) is 17.8. The van der Waals surface area contributed by atoms with E-state index in [4.69, 9.17) is 4.74 Å². The summed E-state index contributed by atoms with van der Waals surface area (Å²) in [6, 6.07) is 6.47. The Kier molecular flexibility index (Phi) is 8.54. The van der Waals surface area contributed by atoms with Gasteiger partial charge in [-0.05, 0) is 37.5 Å². The highest BCUT2D eigenvalue weighted by atomic mass is 16.5. The number of dihydropyridines is 1. The Morgan fingerprint density at radius 1 is 1.19 bits per heavy atom. The third-order valence-corrected chi connectivity index (χ3v) is 6.78. The number of amides is 5. The van der Waals surface area contributed by atoms with Gasteiger partial charge in [-0.3, -0.25) is 15.0 Å². The molecule has 11 nitrogen and oxygen atoms in total. The normalized spacial score (nSPS) is 23.1. The smallest absolute Gasteiger partial charge is 0.331 e. The summed E-state index contributed by atoms with van der Waals surface area (Å²) in [5.74, 6) is -1.83.